The van der Waals surface area contributed by atoms with Crippen molar-refractivity contribution >= 4 is 11.6 Å². The molecule has 0 aromatic rings. The minimum absolute atomic E-state index is 0.480. The van der Waals surface area contributed by atoms with Gasteiger partial charge in [-0.3, -0.25) is 0 Å². The predicted molar refractivity (Wildman–Crippen MR) is 51.3 cm³/mol. The summed E-state index contributed by atoms with van der Waals surface area (Å²) >= 11 is 5.57. The summed E-state index contributed by atoms with van der Waals surface area (Å²) in [6.45, 7) is 4.79. The number of hydrogen-bond donors (Lipinski definition) is 2. The number of halogens is 1. The summed E-state index contributed by atoms with van der Waals surface area (Å²) < 4.78 is 0. The van der Waals surface area contributed by atoms with Crippen molar-refractivity contribution in [1.29, 1.82) is 0 Å². The van der Waals surface area contributed by atoms with Crippen LogP contribution in [-0.4, -0.2) is 23.8 Å². The Morgan fingerprint density at radius 2 is 2.08 bits per heavy atom. The van der Waals surface area contributed by atoms with Gasteiger partial charge >= 0.3 is 0 Å². The van der Waals surface area contributed by atoms with Crippen molar-refractivity contribution in [2.24, 2.45) is 0 Å². The average molecular weight is 190 g/mol. The van der Waals surface area contributed by atoms with Crippen LogP contribution in [0.15, 0.2) is 11.6 Å². The highest BCUT2D eigenvalue weighted by Gasteiger charge is 2.30. The lowest BCUT2D eigenvalue weighted by Crippen LogP contribution is -2.38. The van der Waals surface area contributed by atoms with E-state index in [2.05, 4.69) is 11.9 Å². The molecule has 1 aliphatic carbocycles. The number of hydrogen-bond acceptors (Lipinski definition) is 2. The first kappa shape index (κ1) is 10.0. The van der Waals surface area contributed by atoms with Crippen molar-refractivity contribution in [2.45, 2.75) is 31.3 Å². The molecule has 0 heterocycles. The molecule has 0 bridgehead atoms. The van der Waals surface area contributed by atoms with E-state index in [-0.39, 0.29) is 0 Å². The van der Waals surface area contributed by atoms with Crippen LogP contribution in [0.2, 0.25) is 0 Å². The molecule has 2 N–H and O–H groups in total. The largest absolute Gasteiger partial charge is 0.389 e. The maximum absolute atomic E-state index is 9.87. The minimum atomic E-state index is -0.480. The summed E-state index contributed by atoms with van der Waals surface area (Å²) in [6.07, 6.45) is 4.10. The van der Waals surface area contributed by atoms with E-state index in [1.807, 2.05) is 0 Å². The Balaban J connectivity index is 2.17. The molecule has 0 amide bonds. The minimum Gasteiger partial charge on any atom is -0.389 e. The van der Waals surface area contributed by atoms with Crippen LogP contribution in [0, 0.1) is 0 Å². The first-order chi connectivity index (χ1) is 5.62. The molecule has 70 valence electrons. The quantitative estimate of drug-likeness (QED) is 0.705. The Morgan fingerprint density at radius 1 is 1.50 bits per heavy atom. The molecule has 0 spiro atoms. The third kappa shape index (κ3) is 3.13. The van der Waals surface area contributed by atoms with E-state index in [1.54, 1.807) is 0 Å². The highest BCUT2D eigenvalue weighted by molar-refractivity contribution is 6.29. The van der Waals surface area contributed by atoms with Crippen LogP contribution in [0.3, 0.4) is 0 Å². The molecule has 3 heteroatoms. The molecule has 1 fully saturated rings. The summed E-state index contributed by atoms with van der Waals surface area (Å²) in [5, 5.41) is 13.5. The molecule has 0 aromatic carbocycles. The molecule has 1 rings (SSSR count). The molecule has 12 heavy (non-hydrogen) atoms. The smallest absolute Gasteiger partial charge is 0.0771 e. The molecule has 0 saturated heterocycles. The number of nitrogens with one attached hydrogen (secondary N) is 1. The van der Waals surface area contributed by atoms with Crippen LogP contribution in [0.1, 0.15) is 25.7 Å². The Bertz CT molecular complexity index is 164. The average Bonchev–Trinajstić information content (AvgIpc) is 2.35. The third-order valence-corrected chi connectivity index (χ3v) is 2.44. The molecule has 1 aliphatic rings. The lowest BCUT2D eigenvalue weighted by molar-refractivity contribution is 0.0487. The van der Waals surface area contributed by atoms with E-state index < -0.39 is 5.60 Å². The summed E-state index contributed by atoms with van der Waals surface area (Å²) in [7, 11) is 0. The van der Waals surface area contributed by atoms with Gasteiger partial charge in [0, 0.05) is 18.1 Å². The van der Waals surface area contributed by atoms with Gasteiger partial charge in [-0.15, -0.1) is 0 Å². The summed E-state index contributed by atoms with van der Waals surface area (Å²) in [4.78, 5) is 0. The Morgan fingerprint density at radius 3 is 2.58 bits per heavy atom. The van der Waals surface area contributed by atoms with E-state index in [0.717, 1.165) is 25.7 Å². The highest BCUT2D eigenvalue weighted by Crippen LogP contribution is 2.28. The lowest BCUT2D eigenvalue weighted by atomic mass is 10.0. The van der Waals surface area contributed by atoms with Gasteiger partial charge in [0.25, 0.3) is 0 Å². The van der Waals surface area contributed by atoms with Crippen LogP contribution >= 0.6 is 11.6 Å². The van der Waals surface area contributed by atoms with Crippen LogP contribution < -0.4 is 5.32 Å². The van der Waals surface area contributed by atoms with Crippen molar-refractivity contribution in [3.63, 3.8) is 0 Å². The number of aliphatic hydroxyl groups is 1. The Labute approximate surface area is 78.6 Å². The van der Waals surface area contributed by atoms with Crippen molar-refractivity contribution in [3.8, 4) is 0 Å². The van der Waals surface area contributed by atoms with Crippen molar-refractivity contribution in [3.05, 3.63) is 11.6 Å². The highest BCUT2D eigenvalue weighted by atomic mass is 35.5. The fourth-order valence-electron chi connectivity index (χ4n) is 1.64. The second-order valence-corrected chi connectivity index (χ2v) is 4.09. The van der Waals surface area contributed by atoms with E-state index in [1.165, 1.54) is 0 Å². The molecule has 0 unspecified atom stereocenters. The van der Waals surface area contributed by atoms with Gasteiger partial charge < -0.3 is 10.4 Å². The van der Waals surface area contributed by atoms with Gasteiger partial charge in [-0.05, 0) is 12.8 Å². The zero-order valence-electron chi connectivity index (χ0n) is 7.27. The fourth-order valence-corrected chi connectivity index (χ4v) is 1.74. The molecule has 0 atom stereocenters. The van der Waals surface area contributed by atoms with Gasteiger partial charge in [0.15, 0.2) is 0 Å². The SMILES string of the molecule is C=C(Cl)CNCC1(O)CCCC1. The zero-order valence-corrected chi connectivity index (χ0v) is 8.03. The molecule has 2 nitrogen and oxygen atoms in total. The topological polar surface area (TPSA) is 32.3 Å². The van der Waals surface area contributed by atoms with Crippen LogP contribution in [0.5, 0.6) is 0 Å². The maximum Gasteiger partial charge on any atom is 0.0771 e. The molecular formula is C9H16ClNO. The monoisotopic (exact) mass is 189 g/mol. The van der Waals surface area contributed by atoms with Gasteiger partial charge in [-0.2, -0.15) is 0 Å². The number of rotatable bonds is 4. The normalized spacial score (nSPS) is 21.2. The maximum atomic E-state index is 9.87. The van der Waals surface area contributed by atoms with Crippen LogP contribution in [0.4, 0.5) is 0 Å². The van der Waals surface area contributed by atoms with Gasteiger partial charge in [-0.25, -0.2) is 0 Å². The van der Waals surface area contributed by atoms with Gasteiger partial charge in [-0.1, -0.05) is 31.0 Å². The Kier molecular flexibility index (Phi) is 3.56. The first-order valence-corrected chi connectivity index (χ1v) is 4.77. The van der Waals surface area contributed by atoms with E-state index in [4.69, 9.17) is 11.6 Å². The van der Waals surface area contributed by atoms with E-state index in [9.17, 15) is 5.11 Å². The second kappa shape index (κ2) is 4.26. The van der Waals surface area contributed by atoms with Gasteiger partial charge in [0.1, 0.15) is 0 Å². The van der Waals surface area contributed by atoms with Gasteiger partial charge in [0.05, 0.1) is 5.60 Å². The van der Waals surface area contributed by atoms with Gasteiger partial charge in [0.2, 0.25) is 0 Å². The second-order valence-electron chi connectivity index (χ2n) is 3.55. The molecule has 0 radical (unpaired) electrons. The van der Waals surface area contributed by atoms with E-state index >= 15 is 0 Å². The summed E-state index contributed by atoms with van der Waals surface area (Å²) in [6, 6.07) is 0. The molecule has 0 aliphatic heterocycles. The molecular weight excluding hydrogens is 174 g/mol. The standard InChI is InChI=1S/C9H16ClNO/c1-8(10)6-11-7-9(12)4-2-3-5-9/h11-12H,1-7H2. The zero-order chi connectivity index (χ0) is 9.03. The molecule has 1 saturated carbocycles. The predicted octanol–water partition coefficient (Wildman–Crippen LogP) is 1.63. The van der Waals surface area contributed by atoms with Crippen molar-refractivity contribution in [2.75, 3.05) is 13.1 Å². The third-order valence-electron chi connectivity index (χ3n) is 2.31. The fraction of sp³-hybridized carbons (Fsp3) is 0.778. The van der Waals surface area contributed by atoms with Crippen molar-refractivity contribution < 1.29 is 5.11 Å². The van der Waals surface area contributed by atoms with Crippen molar-refractivity contribution in [1.82, 2.24) is 5.32 Å². The first-order valence-electron chi connectivity index (χ1n) is 4.39. The Hall–Kier alpha value is -0.0500. The molecule has 0 aromatic heterocycles. The van der Waals surface area contributed by atoms with Crippen LogP contribution in [0.25, 0.3) is 0 Å². The summed E-state index contributed by atoms with van der Waals surface area (Å²) in [5.41, 5.74) is -0.480. The van der Waals surface area contributed by atoms with Crippen LogP contribution in [-0.2, 0) is 0 Å². The lowest BCUT2D eigenvalue weighted by Gasteiger charge is -2.22. The van der Waals surface area contributed by atoms with E-state index in [0.29, 0.717) is 18.1 Å². The summed E-state index contributed by atoms with van der Waals surface area (Å²) in [5.74, 6) is 0.